The van der Waals surface area contributed by atoms with Crippen molar-refractivity contribution < 1.29 is 14.3 Å². The van der Waals surface area contributed by atoms with Gasteiger partial charge in [0.05, 0.1) is 12.7 Å². The Morgan fingerprint density at radius 2 is 1.75 bits per heavy atom. The van der Waals surface area contributed by atoms with Crippen molar-refractivity contribution in [2.75, 3.05) is 12.8 Å². The summed E-state index contributed by atoms with van der Waals surface area (Å²) >= 11 is 0. The van der Waals surface area contributed by atoms with Gasteiger partial charge in [-0.15, -0.1) is 0 Å². The van der Waals surface area contributed by atoms with Crippen LogP contribution < -0.4 is 20.9 Å². The van der Waals surface area contributed by atoms with Crippen LogP contribution in [0.1, 0.15) is 15.9 Å². The Morgan fingerprint density at radius 1 is 1.10 bits per heavy atom. The second-order valence-electron chi connectivity index (χ2n) is 4.25. The van der Waals surface area contributed by atoms with Crippen molar-refractivity contribution in [2.24, 2.45) is 5.73 Å². The van der Waals surface area contributed by atoms with Crippen LogP contribution in [0.25, 0.3) is 0 Å². The number of benzene rings is 2. The van der Waals surface area contributed by atoms with Crippen molar-refractivity contribution in [1.29, 1.82) is 0 Å². The van der Waals surface area contributed by atoms with E-state index in [1.54, 1.807) is 25.3 Å². The summed E-state index contributed by atoms with van der Waals surface area (Å²) in [5.41, 5.74) is 12.5. The average Bonchev–Trinajstić information content (AvgIpc) is 2.46. The molecule has 5 heteroatoms. The zero-order valence-electron chi connectivity index (χ0n) is 11.1. The van der Waals surface area contributed by atoms with E-state index in [9.17, 15) is 4.79 Å². The molecule has 2 aromatic carbocycles. The smallest absolute Gasteiger partial charge is 0.250 e. The van der Waals surface area contributed by atoms with Gasteiger partial charge in [0.25, 0.3) is 5.91 Å². The minimum absolute atomic E-state index is 0.261. The van der Waals surface area contributed by atoms with Gasteiger partial charge in [-0.3, -0.25) is 4.79 Å². The molecule has 0 saturated heterocycles. The van der Waals surface area contributed by atoms with Gasteiger partial charge in [0.15, 0.2) is 0 Å². The Morgan fingerprint density at radius 3 is 2.35 bits per heavy atom. The highest BCUT2D eigenvalue weighted by molar-refractivity contribution is 5.98. The molecule has 1 amide bonds. The molecule has 5 nitrogen and oxygen atoms in total. The van der Waals surface area contributed by atoms with E-state index in [1.165, 1.54) is 0 Å². The molecule has 0 aliphatic rings. The number of rotatable bonds is 5. The van der Waals surface area contributed by atoms with Crippen LogP contribution in [0.4, 0.5) is 5.69 Å². The Hall–Kier alpha value is -2.69. The summed E-state index contributed by atoms with van der Waals surface area (Å²) in [5.74, 6) is 0.762. The largest absolute Gasteiger partial charge is 0.497 e. The number of methoxy groups -OCH3 is 1. The van der Waals surface area contributed by atoms with Crippen molar-refractivity contribution in [3.05, 3.63) is 53.6 Å². The van der Waals surface area contributed by atoms with Crippen molar-refractivity contribution >= 4 is 11.6 Å². The predicted molar refractivity (Wildman–Crippen MR) is 76.7 cm³/mol. The maximum Gasteiger partial charge on any atom is 0.250 e. The fourth-order valence-electron chi connectivity index (χ4n) is 1.73. The zero-order chi connectivity index (χ0) is 14.5. The molecule has 0 heterocycles. The zero-order valence-corrected chi connectivity index (χ0v) is 11.1. The number of nitrogens with two attached hydrogens (primary N) is 2. The fraction of sp³-hybridized carbons (Fsp3) is 0.133. The molecule has 0 aliphatic heterocycles. The van der Waals surface area contributed by atoms with Gasteiger partial charge in [-0.1, -0.05) is 12.1 Å². The van der Waals surface area contributed by atoms with E-state index >= 15 is 0 Å². The van der Waals surface area contributed by atoms with E-state index in [-0.39, 0.29) is 5.56 Å². The van der Waals surface area contributed by atoms with E-state index in [0.717, 1.165) is 11.3 Å². The predicted octanol–water partition coefficient (Wildman–Crippen LogP) is 1.96. The molecule has 0 fully saturated rings. The maximum absolute atomic E-state index is 11.2. The van der Waals surface area contributed by atoms with Crippen LogP contribution in [0, 0.1) is 0 Å². The molecule has 0 bridgehead atoms. The molecule has 2 aromatic rings. The number of amides is 1. The molecule has 0 saturated carbocycles. The average molecular weight is 272 g/mol. The van der Waals surface area contributed by atoms with Gasteiger partial charge >= 0.3 is 0 Å². The fourth-order valence-corrected chi connectivity index (χ4v) is 1.73. The summed E-state index contributed by atoms with van der Waals surface area (Å²) in [5, 5.41) is 0. The molecule has 0 aromatic heterocycles. The molecule has 0 aliphatic carbocycles. The van der Waals surface area contributed by atoms with Gasteiger partial charge in [0, 0.05) is 5.69 Å². The Bertz CT molecular complexity index is 609. The summed E-state index contributed by atoms with van der Waals surface area (Å²) in [6.07, 6.45) is 0. The first-order chi connectivity index (χ1) is 9.60. The first kappa shape index (κ1) is 13.7. The van der Waals surface area contributed by atoms with Crippen LogP contribution in [-0.4, -0.2) is 13.0 Å². The minimum atomic E-state index is -0.572. The second kappa shape index (κ2) is 5.97. The number of anilines is 1. The van der Waals surface area contributed by atoms with Crippen molar-refractivity contribution in [3.63, 3.8) is 0 Å². The van der Waals surface area contributed by atoms with Crippen molar-refractivity contribution in [3.8, 4) is 11.5 Å². The summed E-state index contributed by atoms with van der Waals surface area (Å²) in [7, 11) is 1.62. The Kier molecular flexibility index (Phi) is 4.10. The lowest BCUT2D eigenvalue weighted by Gasteiger charge is -2.09. The van der Waals surface area contributed by atoms with Crippen LogP contribution in [0.3, 0.4) is 0 Å². The van der Waals surface area contributed by atoms with E-state index in [4.69, 9.17) is 20.9 Å². The SMILES string of the molecule is COc1ccc(COc2ccc(N)c(C(N)=O)c2)cc1. The van der Waals surface area contributed by atoms with Crippen LogP contribution in [-0.2, 0) is 6.61 Å². The lowest BCUT2D eigenvalue weighted by atomic mass is 10.1. The van der Waals surface area contributed by atoms with Crippen molar-refractivity contribution in [2.45, 2.75) is 6.61 Å². The van der Waals surface area contributed by atoms with E-state index < -0.39 is 5.91 Å². The van der Waals surface area contributed by atoms with E-state index in [0.29, 0.717) is 18.0 Å². The minimum Gasteiger partial charge on any atom is -0.497 e. The molecule has 0 atom stereocenters. The molecule has 104 valence electrons. The summed E-state index contributed by atoms with van der Waals surface area (Å²) in [6, 6.07) is 12.4. The first-order valence-electron chi connectivity index (χ1n) is 6.05. The highest BCUT2D eigenvalue weighted by Gasteiger charge is 2.07. The third-order valence-electron chi connectivity index (χ3n) is 2.85. The Balaban J connectivity index is 2.06. The third kappa shape index (κ3) is 3.20. The summed E-state index contributed by atoms with van der Waals surface area (Å²) in [4.78, 5) is 11.2. The summed E-state index contributed by atoms with van der Waals surface area (Å²) in [6.45, 7) is 0.381. The number of hydrogen-bond acceptors (Lipinski definition) is 4. The number of ether oxygens (including phenoxy) is 2. The third-order valence-corrected chi connectivity index (χ3v) is 2.85. The van der Waals surface area contributed by atoms with Gasteiger partial charge in [-0.25, -0.2) is 0 Å². The highest BCUT2D eigenvalue weighted by atomic mass is 16.5. The molecule has 2 rings (SSSR count). The number of primary amides is 1. The monoisotopic (exact) mass is 272 g/mol. The number of carbonyl (C=O) groups excluding carboxylic acids is 1. The normalized spacial score (nSPS) is 10.1. The summed E-state index contributed by atoms with van der Waals surface area (Å²) < 4.78 is 10.7. The lowest BCUT2D eigenvalue weighted by molar-refractivity contribution is 0.100. The lowest BCUT2D eigenvalue weighted by Crippen LogP contribution is -2.13. The van der Waals surface area contributed by atoms with Crippen LogP contribution in [0.5, 0.6) is 11.5 Å². The van der Waals surface area contributed by atoms with Crippen molar-refractivity contribution in [1.82, 2.24) is 0 Å². The standard InChI is InChI=1S/C15H16N2O3/c1-19-11-4-2-10(3-5-11)9-20-12-6-7-14(16)13(8-12)15(17)18/h2-8H,9,16H2,1H3,(H2,17,18). The molecule has 4 N–H and O–H groups in total. The van der Waals surface area contributed by atoms with Gasteiger partial charge in [-0.2, -0.15) is 0 Å². The highest BCUT2D eigenvalue weighted by Crippen LogP contribution is 2.20. The molecule has 0 unspecified atom stereocenters. The Labute approximate surface area is 117 Å². The van der Waals surface area contributed by atoms with Crippen LogP contribution in [0.15, 0.2) is 42.5 Å². The van der Waals surface area contributed by atoms with Gasteiger partial charge in [-0.05, 0) is 35.9 Å². The molecular formula is C15H16N2O3. The van der Waals surface area contributed by atoms with Crippen LogP contribution in [0.2, 0.25) is 0 Å². The quantitative estimate of drug-likeness (QED) is 0.814. The number of hydrogen-bond donors (Lipinski definition) is 2. The molecule has 0 spiro atoms. The molecule has 20 heavy (non-hydrogen) atoms. The molecule has 0 radical (unpaired) electrons. The second-order valence-corrected chi connectivity index (χ2v) is 4.25. The van der Waals surface area contributed by atoms with Gasteiger partial charge in [0.2, 0.25) is 0 Å². The maximum atomic E-state index is 11.2. The van der Waals surface area contributed by atoms with E-state index in [2.05, 4.69) is 0 Å². The number of nitrogen functional groups attached to an aromatic ring is 1. The van der Waals surface area contributed by atoms with Gasteiger partial charge < -0.3 is 20.9 Å². The van der Waals surface area contributed by atoms with Crippen LogP contribution >= 0.6 is 0 Å². The number of carbonyl (C=O) groups is 1. The first-order valence-corrected chi connectivity index (χ1v) is 6.05. The van der Waals surface area contributed by atoms with Gasteiger partial charge in [0.1, 0.15) is 18.1 Å². The molecular weight excluding hydrogens is 256 g/mol. The van der Waals surface area contributed by atoms with E-state index in [1.807, 2.05) is 24.3 Å². The topological polar surface area (TPSA) is 87.6 Å².